The van der Waals surface area contributed by atoms with Gasteiger partial charge in [-0.15, -0.1) is 16.9 Å². The topological polar surface area (TPSA) is 30.7 Å². The quantitative estimate of drug-likeness (QED) is 0.827. The standard InChI is InChI=1S/C13H15N3S/c1-3-17-11(2)9-12-10-16(15-14-12)13-7-5-4-6-8-13/h4-10H,3H2,1-2H3/b11-9-. The molecule has 0 aliphatic carbocycles. The van der Waals surface area contributed by atoms with Gasteiger partial charge in [0.25, 0.3) is 0 Å². The van der Waals surface area contributed by atoms with Crippen LogP contribution in [0.25, 0.3) is 11.8 Å². The van der Waals surface area contributed by atoms with E-state index in [0.29, 0.717) is 0 Å². The van der Waals surface area contributed by atoms with Gasteiger partial charge in [-0.25, -0.2) is 4.68 Å². The van der Waals surface area contributed by atoms with Gasteiger partial charge in [-0.1, -0.05) is 30.3 Å². The fraction of sp³-hybridized carbons (Fsp3) is 0.231. The molecule has 1 heterocycles. The molecule has 2 rings (SSSR count). The Labute approximate surface area is 106 Å². The average Bonchev–Trinajstić information content (AvgIpc) is 2.79. The van der Waals surface area contributed by atoms with Crippen molar-refractivity contribution in [2.24, 2.45) is 0 Å². The van der Waals surface area contributed by atoms with Crippen LogP contribution in [0.15, 0.2) is 41.4 Å². The third kappa shape index (κ3) is 3.20. The van der Waals surface area contributed by atoms with E-state index in [1.807, 2.05) is 48.3 Å². The van der Waals surface area contributed by atoms with E-state index in [9.17, 15) is 0 Å². The summed E-state index contributed by atoms with van der Waals surface area (Å²) in [5, 5.41) is 8.25. The Morgan fingerprint density at radius 2 is 2.12 bits per heavy atom. The van der Waals surface area contributed by atoms with Gasteiger partial charge in [-0.2, -0.15) is 0 Å². The third-order valence-electron chi connectivity index (χ3n) is 2.25. The summed E-state index contributed by atoms with van der Waals surface area (Å²) >= 11 is 1.82. The molecule has 0 aliphatic rings. The number of aromatic nitrogens is 3. The summed E-state index contributed by atoms with van der Waals surface area (Å²) in [5.74, 6) is 1.08. The zero-order valence-corrected chi connectivity index (χ0v) is 10.8. The maximum atomic E-state index is 4.14. The Morgan fingerprint density at radius 1 is 1.35 bits per heavy atom. The minimum atomic E-state index is 0.896. The molecule has 88 valence electrons. The van der Waals surface area contributed by atoms with Gasteiger partial charge < -0.3 is 0 Å². The molecule has 1 aromatic carbocycles. The van der Waals surface area contributed by atoms with Gasteiger partial charge in [0.2, 0.25) is 0 Å². The van der Waals surface area contributed by atoms with Gasteiger partial charge in [0.05, 0.1) is 11.9 Å². The highest BCUT2D eigenvalue weighted by Gasteiger charge is 2.00. The molecule has 0 unspecified atom stereocenters. The van der Waals surface area contributed by atoms with Crippen LogP contribution >= 0.6 is 11.8 Å². The fourth-order valence-corrected chi connectivity index (χ4v) is 2.19. The normalized spacial score (nSPS) is 11.8. The van der Waals surface area contributed by atoms with Gasteiger partial charge in [-0.3, -0.25) is 0 Å². The fourth-order valence-electron chi connectivity index (χ4n) is 1.53. The van der Waals surface area contributed by atoms with Gasteiger partial charge in [-0.05, 0) is 35.8 Å². The predicted molar refractivity (Wildman–Crippen MR) is 73.1 cm³/mol. The smallest absolute Gasteiger partial charge is 0.107 e. The minimum Gasteiger partial charge on any atom is -0.220 e. The maximum absolute atomic E-state index is 4.14. The zero-order chi connectivity index (χ0) is 12.1. The largest absolute Gasteiger partial charge is 0.220 e. The summed E-state index contributed by atoms with van der Waals surface area (Å²) < 4.78 is 1.79. The molecular weight excluding hydrogens is 230 g/mol. The van der Waals surface area contributed by atoms with Crippen molar-refractivity contribution in [3.05, 3.63) is 47.1 Å². The third-order valence-corrected chi connectivity index (χ3v) is 3.12. The van der Waals surface area contributed by atoms with Crippen LogP contribution in [0.2, 0.25) is 0 Å². The number of hydrogen-bond donors (Lipinski definition) is 0. The Kier molecular flexibility index (Phi) is 3.98. The highest BCUT2D eigenvalue weighted by molar-refractivity contribution is 8.03. The second kappa shape index (κ2) is 5.68. The lowest BCUT2D eigenvalue weighted by Crippen LogP contribution is -1.93. The number of allylic oxidation sites excluding steroid dienone is 1. The first-order valence-electron chi connectivity index (χ1n) is 5.58. The van der Waals surface area contributed by atoms with E-state index in [1.165, 1.54) is 4.91 Å². The molecule has 0 saturated heterocycles. The van der Waals surface area contributed by atoms with Crippen molar-refractivity contribution in [3.63, 3.8) is 0 Å². The van der Waals surface area contributed by atoms with Crippen LogP contribution < -0.4 is 0 Å². The lowest BCUT2D eigenvalue weighted by Gasteiger charge is -1.97. The first-order valence-corrected chi connectivity index (χ1v) is 6.57. The van der Waals surface area contributed by atoms with E-state index in [-0.39, 0.29) is 0 Å². The molecule has 0 radical (unpaired) electrons. The zero-order valence-electron chi connectivity index (χ0n) is 10.00. The van der Waals surface area contributed by atoms with Crippen molar-refractivity contribution in [1.29, 1.82) is 0 Å². The molecule has 4 heteroatoms. The molecule has 17 heavy (non-hydrogen) atoms. The molecule has 0 bridgehead atoms. The van der Waals surface area contributed by atoms with E-state index in [2.05, 4.69) is 30.2 Å². The van der Waals surface area contributed by atoms with Crippen LogP contribution in [0, 0.1) is 0 Å². The van der Waals surface area contributed by atoms with Crippen molar-refractivity contribution in [2.45, 2.75) is 13.8 Å². The molecule has 0 amide bonds. The number of benzene rings is 1. The summed E-state index contributed by atoms with van der Waals surface area (Å²) in [4.78, 5) is 1.26. The molecule has 0 N–H and O–H groups in total. The van der Waals surface area contributed by atoms with Gasteiger partial charge in [0, 0.05) is 0 Å². The van der Waals surface area contributed by atoms with E-state index in [1.54, 1.807) is 4.68 Å². The summed E-state index contributed by atoms with van der Waals surface area (Å²) in [5.41, 5.74) is 1.92. The van der Waals surface area contributed by atoms with Crippen LogP contribution in [0.1, 0.15) is 19.5 Å². The van der Waals surface area contributed by atoms with Crippen molar-refractivity contribution >= 4 is 17.8 Å². The first kappa shape index (κ1) is 11.9. The van der Waals surface area contributed by atoms with Crippen LogP contribution in [-0.2, 0) is 0 Å². The minimum absolute atomic E-state index is 0.896. The molecule has 2 aromatic rings. The number of nitrogens with zero attached hydrogens (tertiary/aromatic N) is 3. The number of thioether (sulfide) groups is 1. The number of hydrogen-bond acceptors (Lipinski definition) is 3. The molecule has 0 aliphatic heterocycles. The average molecular weight is 245 g/mol. The molecule has 0 spiro atoms. The molecule has 0 atom stereocenters. The lowest BCUT2D eigenvalue weighted by molar-refractivity contribution is 0.802. The van der Waals surface area contributed by atoms with Crippen molar-refractivity contribution in [2.75, 3.05) is 5.75 Å². The van der Waals surface area contributed by atoms with Crippen LogP contribution in [0.3, 0.4) is 0 Å². The Balaban J connectivity index is 2.19. The molecular formula is C13H15N3S. The molecule has 3 nitrogen and oxygen atoms in total. The second-order valence-corrected chi connectivity index (χ2v) is 5.12. The van der Waals surface area contributed by atoms with Crippen LogP contribution in [0.5, 0.6) is 0 Å². The summed E-state index contributed by atoms with van der Waals surface area (Å²) in [6.45, 7) is 4.23. The highest BCUT2D eigenvalue weighted by atomic mass is 32.2. The van der Waals surface area contributed by atoms with Crippen molar-refractivity contribution < 1.29 is 0 Å². The monoisotopic (exact) mass is 245 g/mol. The van der Waals surface area contributed by atoms with Gasteiger partial charge in [0.15, 0.2) is 0 Å². The Hall–Kier alpha value is -1.55. The Morgan fingerprint density at radius 3 is 2.82 bits per heavy atom. The van der Waals surface area contributed by atoms with E-state index >= 15 is 0 Å². The molecule has 1 aromatic heterocycles. The molecule has 0 fully saturated rings. The van der Waals surface area contributed by atoms with Gasteiger partial charge in [0.1, 0.15) is 5.69 Å². The Bertz CT molecular complexity index is 502. The maximum Gasteiger partial charge on any atom is 0.107 e. The second-order valence-electron chi connectivity index (χ2n) is 3.61. The lowest BCUT2D eigenvalue weighted by atomic mass is 10.3. The van der Waals surface area contributed by atoms with Gasteiger partial charge >= 0.3 is 0 Å². The van der Waals surface area contributed by atoms with E-state index < -0.39 is 0 Å². The number of para-hydroxylation sites is 1. The first-order chi connectivity index (χ1) is 8.29. The SMILES string of the molecule is CCS/C(C)=C\c1cn(-c2ccccc2)nn1. The van der Waals surface area contributed by atoms with E-state index in [0.717, 1.165) is 17.1 Å². The molecule has 0 saturated carbocycles. The highest BCUT2D eigenvalue weighted by Crippen LogP contribution is 2.17. The van der Waals surface area contributed by atoms with Crippen molar-refractivity contribution in [1.82, 2.24) is 15.0 Å². The summed E-state index contributed by atoms with van der Waals surface area (Å²) in [7, 11) is 0. The summed E-state index contributed by atoms with van der Waals surface area (Å²) in [6, 6.07) is 9.99. The van der Waals surface area contributed by atoms with Crippen LogP contribution in [0.4, 0.5) is 0 Å². The van der Waals surface area contributed by atoms with E-state index in [4.69, 9.17) is 0 Å². The predicted octanol–water partition coefficient (Wildman–Crippen LogP) is 3.38. The number of rotatable bonds is 4. The van der Waals surface area contributed by atoms with Crippen LogP contribution in [-0.4, -0.2) is 20.7 Å². The van der Waals surface area contributed by atoms with Crippen molar-refractivity contribution in [3.8, 4) is 5.69 Å². The summed E-state index contributed by atoms with van der Waals surface area (Å²) in [6.07, 6.45) is 4.00.